The van der Waals surface area contributed by atoms with Gasteiger partial charge in [-0.2, -0.15) is 0 Å². The van der Waals surface area contributed by atoms with Gasteiger partial charge in [0.1, 0.15) is 12.4 Å². The van der Waals surface area contributed by atoms with E-state index >= 15 is 0 Å². The minimum absolute atomic E-state index is 0.0469. The van der Waals surface area contributed by atoms with Crippen LogP contribution in [0.15, 0.2) is 48.5 Å². The molecular weight excluding hydrogens is 302 g/mol. The van der Waals surface area contributed by atoms with Crippen LogP contribution in [0.25, 0.3) is 0 Å². The summed E-state index contributed by atoms with van der Waals surface area (Å²) in [5.74, 6) is 0.828. The molecule has 124 valence electrons. The summed E-state index contributed by atoms with van der Waals surface area (Å²) in [6.45, 7) is 2.15. The molecule has 2 aliphatic heterocycles. The monoisotopic (exact) mass is 323 g/mol. The van der Waals surface area contributed by atoms with Gasteiger partial charge in [-0.3, -0.25) is 4.79 Å². The van der Waals surface area contributed by atoms with Crippen LogP contribution in [-0.2, 0) is 11.2 Å². The van der Waals surface area contributed by atoms with E-state index in [2.05, 4.69) is 6.07 Å². The maximum absolute atomic E-state index is 12.8. The number of rotatable bonds is 4. The van der Waals surface area contributed by atoms with Gasteiger partial charge in [0.05, 0.1) is 6.10 Å². The number of ether oxygens (including phenoxy) is 2. The average Bonchev–Trinajstić information content (AvgIpc) is 3.29. The molecule has 1 fully saturated rings. The third-order valence-electron chi connectivity index (χ3n) is 4.69. The normalized spacial score (nSPS) is 19.3. The first-order valence-electron chi connectivity index (χ1n) is 8.55. The third kappa shape index (κ3) is 3.02. The highest BCUT2D eigenvalue weighted by molar-refractivity contribution is 6.07. The molecule has 0 N–H and O–H groups in total. The van der Waals surface area contributed by atoms with Crippen LogP contribution < -0.4 is 9.64 Å². The second-order valence-electron chi connectivity index (χ2n) is 6.31. The number of fused-ring (bicyclic) bond motifs is 1. The van der Waals surface area contributed by atoms with Crippen molar-refractivity contribution in [1.82, 2.24) is 0 Å². The van der Waals surface area contributed by atoms with Gasteiger partial charge in [-0.1, -0.05) is 18.2 Å². The maximum atomic E-state index is 12.8. The lowest BCUT2D eigenvalue weighted by molar-refractivity contribution is 0.0679. The Bertz CT molecular complexity index is 720. The van der Waals surface area contributed by atoms with Gasteiger partial charge in [-0.25, -0.2) is 0 Å². The molecule has 4 heteroatoms. The van der Waals surface area contributed by atoms with Gasteiger partial charge in [-0.15, -0.1) is 0 Å². The molecule has 0 radical (unpaired) electrons. The standard InChI is InChI=1S/C20H21NO3/c22-20(21-12-11-15-4-1-2-6-19(15)21)16-7-9-17(10-8-16)24-14-18-5-3-13-23-18/h1-2,4,6-10,18H,3,5,11-14H2/t18-/m0/s1. The van der Waals surface area contributed by atoms with Crippen molar-refractivity contribution in [2.75, 3.05) is 24.7 Å². The number of carbonyl (C=O) groups is 1. The molecule has 0 unspecified atom stereocenters. The van der Waals surface area contributed by atoms with Crippen LogP contribution in [0.1, 0.15) is 28.8 Å². The molecule has 24 heavy (non-hydrogen) atoms. The molecule has 2 aromatic rings. The fraction of sp³-hybridized carbons (Fsp3) is 0.350. The van der Waals surface area contributed by atoms with Gasteiger partial charge in [0.2, 0.25) is 0 Å². The van der Waals surface area contributed by atoms with Crippen LogP contribution in [0.2, 0.25) is 0 Å². The molecular formula is C20H21NO3. The Morgan fingerprint density at radius 2 is 2.00 bits per heavy atom. The van der Waals surface area contributed by atoms with E-state index in [1.165, 1.54) is 5.56 Å². The van der Waals surface area contributed by atoms with Gasteiger partial charge in [0.15, 0.2) is 0 Å². The van der Waals surface area contributed by atoms with Gasteiger partial charge in [0, 0.05) is 24.4 Å². The molecule has 2 heterocycles. The Morgan fingerprint density at radius 3 is 2.79 bits per heavy atom. The zero-order valence-electron chi connectivity index (χ0n) is 13.6. The van der Waals surface area contributed by atoms with E-state index < -0.39 is 0 Å². The molecule has 4 nitrogen and oxygen atoms in total. The van der Waals surface area contributed by atoms with Crippen molar-refractivity contribution in [1.29, 1.82) is 0 Å². The first-order chi connectivity index (χ1) is 11.8. The number of para-hydroxylation sites is 1. The lowest BCUT2D eigenvalue weighted by Gasteiger charge is -2.17. The van der Waals surface area contributed by atoms with Crippen LogP contribution in [0.4, 0.5) is 5.69 Å². The van der Waals surface area contributed by atoms with E-state index in [1.807, 2.05) is 47.4 Å². The molecule has 1 amide bonds. The SMILES string of the molecule is O=C(c1ccc(OC[C@@H]2CCCO2)cc1)N1CCc2ccccc21. The Hall–Kier alpha value is -2.33. The van der Waals surface area contributed by atoms with Gasteiger partial charge in [0.25, 0.3) is 5.91 Å². The van der Waals surface area contributed by atoms with Crippen molar-refractivity contribution in [2.24, 2.45) is 0 Å². The summed E-state index contributed by atoms with van der Waals surface area (Å²) in [6.07, 6.45) is 3.29. The predicted molar refractivity (Wildman–Crippen MR) is 92.7 cm³/mol. The Kier molecular flexibility index (Phi) is 4.22. The van der Waals surface area contributed by atoms with E-state index in [1.54, 1.807) is 0 Å². The average molecular weight is 323 g/mol. The largest absolute Gasteiger partial charge is 0.491 e. The number of nitrogens with zero attached hydrogens (tertiary/aromatic N) is 1. The maximum Gasteiger partial charge on any atom is 0.258 e. The first kappa shape index (κ1) is 15.2. The lowest BCUT2D eigenvalue weighted by Crippen LogP contribution is -2.28. The molecule has 0 aliphatic carbocycles. The zero-order chi connectivity index (χ0) is 16.4. The van der Waals surface area contributed by atoms with Gasteiger partial charge >= 0.3 is 0 Å². The minimum atomic E-state index is 0.0469. The summed E-state index contributed by atoms with van der Waals surface area (Å²) in [7, 11) is 0. The molecule has 2 aliphatic rings. The summed E-state index contributed by atoms with van der Waals surface area (Å²) >= 11 is 0. The summed E-state index contributed by atoms with van der Waals surface area (Å²) in [4.78, 5) is 14.6. The van der Waals surface area contributed by atoms with Crippen molar-refractivity contribution >= 4 is 11.6 Å². The number of amides is 1. The molecule has 4 rings (SSSR count). The van der Waals surface area contributed by atoms with Crippen molar-refractivity contribution in [2.45, 2.75) is 25.4 Å². The molecule has 0 aromatic heterocycles. The van der Waals surface area contributed by atoms with Crippen molar-refractivity contribution in [3.8, 4) is 5.75 Å². The summed E-state index contributed by atoms with van der Waals surface area (Å²) in [6, 6.07) is 15.5. The molecule has 1 atom stereocenters. The van der Waals surface area contributed by atoms with Gasteiger partial charge in [-0.05, 0) is 55.2 Å². The highest BCUT2D eigenvalue weighted by Gasteiger charge is 2.25. The van der Waals surface area contributed by atoms with Crippen molar-refractivity contribution in [3.63, 3.8) is 0 Å². The summed E-state index contributed by atoms with van der Waals surface area (Å²) in [5, 5.41) is 0. The van der Waals surface area contributed by atoms with Crippen LogP contribution in [-0.4, -0.2) is 31.8 Å². The van der Waals surface area contributed by atoms with Crippen LogP contribution in [0.5, 0.6) is 5.75 Å². The minimum Gasteiger partial charge on any atom is -0.491 e. The second-order valence-corrected chi connectivity index (χ2v) is 6.31. The molecule has 0 bridgehead atoms. The lowest BCUT2D eigenvalue weighted by atomic mass is 10.1. The first-order valence-corrected chi connectivity index (χ1v) is 8.55. The number of hydrogen-bond donors (Lipinski definition) is 0. The highest BCUT2D eigenvalue weighted by atomic mass is 16.5. The smallest absolute Gasteiger partial charge is 0.258 e. The molecule has 2 aromatic carbocycles. The summed E-state index contributed by atoms with van der Waals surface area (Å²) in [5.41, 5.74) is 2.96. The fourth-order valence-corrected chi connectivity index (χ4v) is 3.36. The quantitative estimate of drug-likeness (QED) is 0.865. The molecule has 0 saturated carbocycles. The van der Waals surface area contributed by atoms with E-state index in [-0.39, 0.29) is 12.0 Å². The van der Waals surface area contributed by atoms with E-state index in [4.69, 9.17) is 9.47 Å². The molecule has 0 spiro atoms. The number of hydrogen-bond acceptors (Lipinski definition) is 3. The van der Waals surface area contributed by atoms with Crippen LogP contribution in [0.3, 0.4) is 0 Å². The molecule has 1 saturated heterocycles. The summed E-state index contributed by atoms with van der Waals surface area (Å²) < 4.78 is 11.3. The topological polar surface area (TPSA) is 38.8 Å². The second kappa shape index (κ2) is 6.65. The highest BCUT2D eigenvalue weighted by Crippen LogP contribution is 2.29. The zero-order valence-corrected chi connectivity index (χ0v) is 13.6. The predicted octanol–water partition coefficient (Wildman–Crippen LogP) is 3.45. The van der Waals surface area contributed by atoms with Crippen LogP contribution in [0, 0.1) is 0 Å². The Morgan fingerprint density at radius 1 is 1.17 bits per heavy atom. The third-order valence-corrected chi connectivity index (χ3v) is 4.69. The fourth-order valence-electron chi connectivity index (χ4n) is 3.36. The number of benzene rings is 2. The van der Waals surface area contributed by atoms with E-state index in [9.17, 15) is 4.79 Å². The van der Waals surface area contributed by atoms with Crippen molar-refractivity contribution < 1.29 is 14.3 Å². The van der Waals surface area contributed by atoms with Gasteiger partial charge < -0.3 is 14.4 Å². The Balaban J connectivity index is 1.42. The Labute approximate surface area is 142 Å². The van der Waals surface area contributed by atoms with Crippen LogP contribution >= 0.6 is 0 Å². The van der Waals surface area contributed by atoms with E-state index in [0.717, 1.165) is 43.9 Å². The van der Waals surface area contributed by atoms with Crippen molar-refractivity contribution in [3.05, 3.63) is 59.7 Å². The number of anilines is 1. The number of carbonyl (C=O) groups excluding carboxylic acids is 1. The van der Waals surface area contributed by atoms with E-state index in [0.29, 0.717) is 12.2 Å².